The van der Waals surface area contributed by atoms with Gasteiger partial charge in [-0.15, -0.1) is 0 Å². The maximum absolute atomic E-state index is 13.0. The molecule has 1 unspecified atom stereocenters. The topological polar surface area (TPSA) is 69.6 Å². The van der Waals surface area contributed by atoms with Gasteiger partial charge in [-0.1, -0.05) is 84.6 Å². The van der Waals surface area contributed by atoms with Crippen LogP contribution in [0.15, 0.2) is 24.3 Å². The minimum Gasteiger partial charge on any atom is -0.391 e. The second-order valence-corrected chi connectivity index (χ2v) is 11.4. The fraction of sp³-hybridized carbons (Fsp3) is 0.704. The molecule has 3 rings (SSSR count). The number of amides is 2. The number of carbonyl (C=O) groups excluding carboxylic acids is 2. The molecule has 2 fully saturated rings. The van der Waals surface area contributed by atoms with Crippen LogP contribution in [-0.2, 0) is 21.5 Å². The zero-order valence-corrected chi connectivity index (χ0v) is 20.6. The number of nitrogens with one attached hydrogen (secondary N) is 1. The van der Waals surface area contributed by atoms with Crippen LogP contribution >= 0.6 is 0 Å². The summed E-state index contributed by atoms with van der Waals surface area (Å²) in [6.07, 6.45) is 7.39. The third kappa shape index (κ3) is 5.72. The van der Waals surface area contributed by atoms with Gasteiger partial charge in [0.05, 0.1) is 6.10 Å². The van der Waals surface area contributed by atoms with E-state index < -0.39 is 12.1 Å². The molecule has 1 saturated heterocycles. The van der Waals surface area contributed by atoms with Crippen LogP contribution in [0.25, 0.3) is 0 Å². The third-order valence-electron chi connectivity index (χ3n) is 7.86. The first-order valence-corrected chi connectivity index (χ1v) is 12.4. The van der Waals surface area contributed by atoms with Crippen molar-refractivity contribution >= 4 is 11.8 Å². The number of aliphatic hydroxyl groups is 1. The van der Waals surface area contributed by atoms with Crippen molar-refractivity contribution < 1.29 is 14.7 Å². The Labute approximate surface area is 194 Å². The predicted octanol–water partition coefficient (Wildman–Crippen LogP) is 4.56. The Bertz CT molecular complexity index is 788. The van der Waals surface area contributed by atoms with Crippen LogP contribution < -0.4 is 5.32 Å². The standard InChI is InChI=1S/C27H42N2O3/c1-19(26(2,3)4)25(32)29-18-22(30)16-23(29)24(31)28-17-20-10-12-21(13-11-20)27(5)14-8-6-7-9-15-27/h10-13,19,22-23,30H,6-9,14-18H2,1-5H3,(H,28,31)/t19?,22-,23+/m1/s1. The highest BCUT2D eigenvalue weighted by Gasteiger charge is 2.42. The van der Waals surface area contributed by atoms with Gasteiger partial charge in [0.15, 0.2) is 0 Å². The molecular formula is C27H42N2O3. The molecule has 1 heterocycles. The molecule has 1 aromatic carbocycles. The van der Waals surface area contributed by atoms with Crippen molar-refractivity contribution in [3.63, 3.8) is 0 Å². The molecule has 0 spiro atoms. The molecule has 2 N–H and O–H groups in total. The lowest BCUT2D eigenvalue weighted by Crippen LogP contribution is -2.49. The maximum atomic E-state index is 13.0. The van der Waals surface area contributed by atoms with Gasteiger partial charge < -0.3 is 15.3 Å². The average Bonchev–Trinajstić information content (AvgIpc) is 3.00. The molecule has 0 radical (unpaired) electrons. The third-order valence-corrected chi connectivity index (χ3v) is 7.86. The Morgan fingerprint density at radius 3 is 2.28 bits per heavy atom. The molecule has 1 aliphatic heterocycles. The summed E-state index contributed by atoms with van der Waals surface area (Å²) in [6, 6.07) is 8.05. The number of nitrogens with zero attached hydrogens (tertiary/aromatic N) is 1. The number of rotatable bonds is 5. The van der Waals surface area contributed by atoms with E-state index in [0.29, 0.717) is 13.0 Å². The van der Waals surface area contributed by atoms with Gasteiger partial charge in [-0.2, -0.15) is 0 Å². The number of carbonyl (C=O) groups is 2. The monoisotopic (exact) mass is 442 g/mol. The molecule has 5 heteroatoms. The highest BCUT2D eigenvalue weighted by atomic mass is 16.3. The Morgan fingerprint density at radius 2 is 1.72 bits per heavy atom. The van der Waals surface area contributed by atoms with Crippen LogP contribution in [0.4, 0.5) is 0 Å². The Balaban J connectivity index is 1.61. The van der Waals surface area contributed by atoms with Gasteiger partial charge in [0.2, 0.25) is 11.8 Å². The molecule has 2 amide bonds. The number of hydrogen-bond acceptors (Lipinski definition) is 3. The molecule has 3 atom stereocenters. The normalized spacial score (nSPS) is 24.6. The predicted molar refractivity (Wildman–Crippen MR) is 128 cm³/mol. The van der Waals surface area contributed by atoms with Crippen LogP contribution in [0.1, 0.15) is 90.7 Å². The van der Waals surface area contributed by atoms with Gasteiger partial charge in [-0.05, 0) is 34.8 Å². The second-order valence-electron chi connectivity index (χ2n) is 11.4. The molecular weight excluding hydrogens is 400 g/mol. The molecule has 32 heavy (non-hydrogen) atoms. The van der Waals surface area contributed by atoms with E-state index in [2.05, 4.69) is 36.5 Å². The number of hydrogen-bond donors (Lipinski definition) is 2. The highest BCUT2D eigenvalue weighted by molar-refractivity contribution is 5.89. The summed E-state index contributed by atoms with van der Waals surface area (Å²) in [7, 11) is 0. The van der Waals surface area contributed by atoms with Crippen LogP contribution in [0, 0.1) is 11.3 Å². The zero-order chi connectivity index (χ0) is 23.5. The SMILES string of the molecule is CC(C(=O)N1C[C@H](O)C[C@H]1C(=O)NCc1ccc(C2(C)CCCCCC2)cc1)C(C)(C)C. The summed E-state index contributed by atoms with van der Waals surface area (Å²) in [5.74, 6) is -0.466. The van der Waals surface area contributed by atoms with Crippen molar-refractivity contribution in [2.24, 2.45) is 11.3 Å². The van der Waals surface area contributed by atoms with E-state index in [1.807, 2.05) is 27.7 Å². The second kappa shape index (κ2) is 9.94. The fourth-order valence-electron chi connectivity index (χ4n) is 5.05. The minimum absolute atomic E-state index is 0.0600. The molecule has 1 aromatic rings. The van der Waals surface area contributed by atoms with Crippen molar-refractivity contribution in [1.82, 2.24) is 10.2 Å². The van der Waals surface area contributed by atoms with E-state index in [0.717, 1.165) is 5.56 Å². The summed E-state index contributed by atoms with van der Waals surface area (Å²) in [5, 5.41) is 13.2. The van der Waals surface area contributed by atoms with Crippen molar-refractivity contribution in [2.75, 3.05) is 6.54 Å². The lowest BCUT2D eigenvalue weighted by Gasteiger charge is -2.32. The summed E-state index contributed by atoms with van der Waals surface area (Å²) in [4.78, 5) is 27.5. The van der Waals surface area contributed by atoms with Gasteiger partial charge in [0, 0.05) is 25.4 Å². The van der Waals surface area contributed by atoms with Crippen LogP contribution in [-0.4, -0.2) is 40.5 Å². The quantitative estimate of drug-likeness (QED) is 0.657. The van der Waals surface area contributed by atoms with Crippen molar-refractivity contribution in [1.29, 1.82) is 0 Å². The van der Waals surface area contributed by atoms with Gasteiger partial charge in [-0.25, -0.2) is 0 Å². The zero-order valence-electron chi connectivity index (χ0n) is 20.6. The number of benzene rings is 1. The molecule has 2 aliphatic rings. The summed E-state index contributed by atoms with van der Waals surface area (Å²) < 4.78 is 0. The Hall–Kier alpha value is -1.88. The van der Waals surface area contributed by atoms with E-state index in [1.54, 1.807) is 4.90 Å². The van der Waals surface area contributed by atoms with Crippen molar-refractivity contribution in [3.05, 3.63) is 35.4 Å². The molecule has 5 nitrogen and oxygen atoms in total. The average molecular weight is 443 g/mol. The first kappa shape index (κ1) is 24.8. The van der Waals surface area contributed by atoms with Gasteiger partial charge in [0.1, 0.15) is 6.04 Å². The first-order chi connectivity index (χ1) is 15.0. The molecule has 1 saturated carbocycles. The summed E-state index contributed by atoms with van der Waals surface area (Å²) >= 11 is 0. The van der Waals surface area contributed by atoms with Gasteiger partial charge in [-0.3, -0.25) is 9.59 Å². The van der Waals surface area contributed by atoms with Crippen molar-refractivity contribution in [2.45, 2.75) is 104 Å². The fourth-order valence-corrected chi connectivity index (χ4v) is 5.05. The molecule has 0 bridgehead atoms. The van der Waals surface area contributed by atoms with E-state index in [1.165, 1.54) is 44.1 Å². The van der Waals surface area contributed by atoms with Crippen LogP contribution in [0.5, 0.6) is 0 Å². The van der Waals surface area contributed by atoms with E-state index in [9.17, 15) is 14.7 Å². The maximum Gasteiger partial charge on any atom is 0.243 e. The Morgan fingerprint density at radius 1 is 1.12 bits per heavy atom. The van der Waals surface area contributed by atoms with Crippen LogP contribution in [0.2, 0.25) is 0 Å². The van der Waals surface area contributed by atoms with Gasteiger partial charge in [0.25, 0.3) is 0 Å². The van der Waals surface area contributed by atoms with E-state index >= 15 is 0 Å². The molecule has 0 aromatic heterocycles. The first-order valence-electron chi connectivity index (χ1n) is 12.4. The minimum atomic E-state index is -0.651. The summed E-state index contributed by atoms with van der Waals surface area (Å²) in [5.41, 5.74) is 2.50. The van der Waals surface area contributed by atoms with E-state index in [-0.39, 0.29) is 35.1 Å². The number of likely N-dealkylation sites (tertiary alicyclic amines) is 1. The van der Waals surface area contributed by atoms with E-state index in [4.69, 9.17) is 0 Å². The molecule has 178 valence electrons. The van der Waals surface area contributed by atoms with Gasteiger partial charge >= 0.3 is 0 Å². The van der Waals surface area contributed by atoms with Crippen LogP contribution in [0.3, 0.4) is 0 Å². The molecule has 1 aliphatic carbocycles. The summed E-state index contributed by atoms with van der Waals surface area (Å²) in [6.45, 7) is 11.0. The Kier molecular flexibility index (Phi) is 7.69. The van der Waals surface area contributed by atoms with Crippen molar-refractivity contribution in [3.8, 4) is 0 Å². The largest absolute Gasteiger partial charge is 0.391 e. The number of aliphatic hydroxyl groups excluding tert-OH is 1. The smallest absolute Gasteiger partial charge is 0.243 e. The highest BCUT2D eigenvalue weighted by Crippen LogP contribution is 2.38. The lowest BCUT2D eigenvalue weighted by atomic mass is 9.76. The lowest BCUT2D eigenvalue weighted by molar-refractivity contribution is -0.144. The number of β-amino-alcohol motifs (C(OH)–C–C–N with tert-alkyl or cyclic N) is 1.